The number of nitrogens with two attached hydrogens (primary N) is 1. The minimum absolute atomic E-state index is 0.245. The molecule has 0 spiro atoms. The van der Waals surface area contributed by atoms with Crippen molar-refractivity contribution >= 4 is 15.7 Å². The first kappa shape index (κ1) is 14.5. The lowest BCUT2D eigenvalue weighted by Gasteiger charge is -2.11. The van der Waals surface area contributed by atoms with Crippen LogP contribution in [-0.2, 0) is 16.6 Å². The highest BCUT2D eigenvalue weighted by Gasteiger charge is 2.17. The van der Waals surface area contributed by atoms with Gasteiger partial charge in [-0.2, -0.15) is 0 Å². The van der Waals surface area contributed by atoms with Crippen LogP contribution in [-0.4, -0.2) is 13.4 Å². The molecule has 5 nitrogen and oxygen atoms in total. The Morgan fingerprint density at radius 1 is 1.20 bits per heavy atom. The van der Waals surface area contributed by atoms with Crippen molar-refractivity contribution in [2.45, 2.75) is 25.3 Å². The Bertz CT molecular complexity index is 727. The number of sulfonamides is 1. The molecule has 0 aliphatic heterocycles. The van der Waals surface area contributed by atoms with Crippen molar-refractivity contribution in [2.75, 3.05) is 4.72 Å². The molecule has 0 amide bonds. The summed E-state index contributed by atoms with van der Waals surface area (Å²) in [5.41, 5.74) is 8.26. The highest BCUT2D eigenvalue weighted by atomic mass is 32.2. The first-order valence-corrected chi connectivity index (χ1v) is 7.66. The molecule has 0 aliphatic rings. The summed E-state index contributed by atoms with van der Waals surface area (Å²) in [4.78, 5) is 4.28. The van der Waals surface area contributed by atoms with E-state index in [-0.39, 0.29) is 4.90 Å². The van der Waals surface area contributed by atoms with Crippen LogP contribution in [0.1, 0.15) is 16.8 Å². The first-order chi connectivity index (χ1) is 9.42. The molecule has 0 radical (unpaired) electrons. The van der Waals surface area contributed by atoms with Gasteiger partial charge in [-0.05, 0) is 43.2 Å². The zero-order valence-corrected chi connectivity index (χ0v) is 12.2. The molecular weight excluding hydrogens is 274 g/mol. The average molecular weight is 291 g/mol. The fourth-order valence-corrected chi connectivity index (χ4v) is 3.23. The van der Waals surface area contributed by atoms with E-state index < -0.39 is 10.0 Å². The molecule has 1 heterocycles. The zero-order chi connectivity index (χ0) is 14.8. The molecule has 3 N–H and O–H groups in total. The molecular formula is C14H17N3O2S. The third-order valence-corrected chi connectivity index (χ3v) is 4.45. The monoisotopic (exact) mass is 291 g/mol. The number of benzene rings is 1. The van der Waals surface area contributed by atoms with Gasteiger partial charge in [-0.3, -0.25) is 9.71 Å². The van der Waals surface area contributed by atoms with E-state index >= 15 is 0 Å². The van der Waals surface area contributed by atoms with Crippen molar-refractivity contribution in [3.8, 4) is 0 Å². The molecule has 0 aliphatic carbocycles. The fourth-order valence-electron chi connectivity index (χ4n) is 1.88. The lowest BCUT2D eigenvalue weighted by molar-refractivity contribution is 0.600. The second-order valence-electron chi connectivity index (χ2n) is 4.60. The van der Waals surface area contributed by atoms with Gasteiger partial charge in [0, 0.05) is 18.4 Å². The van der Waals surface area contributed by atoms with E-state index in [1.807, 2.05) is 6.07 Å². The number of anilines is 1. The van der Waals surface area contributed by atoms with Crippen LogP contribution < -0.4 is 10.5 Å². The van der Waals surface area contributed by atoms with Crippen molar-refractivity contribution in [1.29, 1.82) is 0 Å². The van der Waals surface area contributed by atoms with Crippen molar-refractivity contribution in [3.63, 3.8) is 0 Å². The number of rotatable bonds is 4. The smallest absolute Gasteiger partial charge is 0.262 e. The lowest BCUT2D eigenvalue weighted by atomic mass is 10.1. The van der Waals surface area contributed by atoms with Gasteiger partial charge in [-0.25, -0.2) is 8.42 Å². The molecule has 0 bridgehead atoms. The number of aromatic nitrogens is 1. The molecule has 20 heavy (non-hydrogen) atoms. The number of hydrogen-bond acceptors (Lipinski definition) is 4. The predicted octanol–water partition coefficient (Wildman–Crippen LogP) is 1.96. The Hall–Kier alpha value is -1.92. The summed E-state index contributed by atoms with van der Waals surface area (Å²) >= 11 is 0. The number of nitrogens with zero attached hydrogens (tertiary/aromatic N) is 1. The van der Waals surface area contributed by atoms with Gasteiger partial charge in [-0.15, -0.1) is 0 Å². The Balaban J connectivity index is 2.40. The van der Waals surface area contributed by atoms with Crippen molar-refractivity contribution < 1.29 is 8.42 Å². The molecule has 1 aromatic heterocycles. The van der Waals surface area contributed by atoms with E-state index in [0.29, 0.717) is 17.8 Å². The molecule has 2 rings (SSSR count). The summed E-state index contributed by atoms with van der Waals surface area (Å²) in [7, 11) is -3.63. The third-order valence-electron chi connectivity index (χ3n) is 2.93. The zero-order valence-electron chi connectivity index (χ0n) is 11.4. The van der Waals surface area contributed by atoms with Crippen LogP contribution in [0.2, 0.25) is 0 Å². The van der Waals surface area contributed by atoms with E-state index in [1.165, 1.54) is 0 Å². The summed E-state index contributed by atoms with van der Waals surface area (Å²) < 4.78 is 27.4. The van der Waals surface area contributed by atoms with E-state index in [0.717, 1.165) is 11.3 Å². The van der Waals surface area contributed by atoms with Crippen molar-refractivity contribution in [3.05, 3.63) is 53.3 Å². The molecule has 0 saturated carbocycles. The largest absolute Gasteiger partial charge is 0.326 e. The standard InChI is InChI=1S/C14H17N3O2S/c1-10-3-4-12(9-15)8-14(10)20(18,19)17-13-5-6-16-11(2)7-13/h3-8H,9,15H2,1-2H3,(H,16,17). The van der Waals surface area contributed by atoms with Crippen LogP contribution in [0.3, 0.4) is 0 Å². The normalized spacial score (nSPS) is 11.3. The maximum atomic E-state index is 12.4. The molecule has 2 aromatic rings. The number of nitrogens with one attached hydrogen (secondary N) is 1. The minimum Gasteiger partial charge on any atom is -0.326 e. The van der Waals surface area contributed by atoms with E-state index in [9.17, 15) is 8.42 Å². The summed E-state index contributed by atoms with van der Waals surface area (Å²) in [6.45, 7) is 3.86. The Kier molecular flexibility index (Phi) is 4.06. The Labute approximate surface area is 118 Å². The van der Waals surface area contributed by atoms with Gasteiger partial charge < -0.3 is 5.73 Å². The number of hydrogen-bond donors (Lipinski definition) is 2. The van der Waals surface area contributed by atoms with Gasteiger partial charge in [0.2, 0.25) is 0 Å². The Morgan fingerprint density at radius 3 is 2.60 bits per heavy atom. The average Bonchev–Trinajstić information content (AvgIpc) is 2.38. The van der Waals surface area contributed by atoms with E-state index in [1.54, 1.807) is 44.3 Å². The third kappa shape index (κ3) is 3.15. The highest BCUT2D eigenvalue weighted by Crippen LogP contribution is 2.20. The number of aryl methyl sites for hydroxylation is 2. The fraction of sp³-hybridized carbons (Fsp3) is 0.214. The van der Waals surface area contributed by atoms with E-state index in [2.05, 4.69) is 9.71 Å². The Morgan fingerprint density at radius 2 is 1.95 bits per heavy atom. The predicted molar refractivity (Wildman–Crippen MR) is 78.9 cm³/mol. The van der Waals surface area contributed by atoms with Gasteiger partial charge in [0.1, 0.15) is 0 Å². The van der Waals surface area contributed by atoms with Crippen LogP contribution in [0.15, 0.2) is 41.4 Å². The number of pyridine rings is 1. The van der Waals surface area contributed by atoms with Crippen molar-refractivity contribution in [1.82, 2.24) is 4.98 Å². The summed E-state index contributed by atoms with van der Waals surface area (Å²) in [6.07, 6.45) is 1.57. The maximum absolute atomic E-state index is 12.4. The topological polar surface area (TPSA) is 85.1 Å². The molecule has 0 fully saturated rings. The SMILES string of the molecule is Cc1cc(NS(=O)(=O)c2cc(CN)ccc2C)ccn1. The molecule has 1 aromatic carbocycles. The van der Waals surface area contributed by atoms with Gasteiger partial charge in [0.05, 0.1) is 10.6 Å². The summed E-state index contributed by atoms with van der Waals surface area (Å²) in [6, 6.07) is 8.48. The summed E-state index contributed by atoms with van der Waals surface area (Å²) in [5.74, 6) is 0. The van der Waals surface area contributed by atoms with Crippen LogP contribution >= 0.6 is 0 Å². The molecule has 0 saturated heterocycles. The van der Waals surface area contributed by atoms with Crippen molar-refractivity contribution in [2.24, 2.45) is 5.73 Å². The molecule has 106 valence electrons. The quantitative estimate of drug-likeness (QED) is 0.901. The minimum atomic E-state index is -3.63. The second-order valence-corrected chi connectivity index (χ2v) is 6.25. The van der Waals surface area contributed by atoms with Gasteiger partial charge in [-0.1, -0.05) is 12.1 Å². The van der Waals surface area contributed by atoms with Gasteiger partial charge in [0.15, 0.2) is 0 Å². The summed E-state index contributed by atoms with van der Waals surface area (Å²) in [5, 5.41) is 0. The highest BCUT2D eigenvalue weighted by molar-refractivity contribution is 7.92. The second kappa shape index (κ2) is 5.60. The maximum Gasteiger partial charge on any atom is 0.262 e. The lowest BCUT2D eigenvalue weighted by Crippen LogP contribution is -2.15. The van der Waals surface area contributed by atoms with Crippen LogP contribution in [0.4, 0.5) is 5.69 Å². The van der Waals surface area contributed by atoms with E-state index in [4.69, 9.17) is 5.73 Å². The van der Waals surface area contributed by atoms with Gasteiger partial charge in [0.25, 0.3) is 10.0 Å². The molecule has 6 heteroatoms. The molecule has 0 unspecified atom stereocenters. The van der Waals surface area contributed by atoms with Crippen LogP contribution in [0.5, 0.6) is 0 Å². The first-order valence-electron chi connectivity index (χ1n) is 6.17. The van der Waals surface area contributed by atoms with Crippen LogP contribution in [0, 0.1) is 13.8 Å². The van der Waals surface area contributed by atoms with Crippen LogP contribution in [0.25, 0.3) is 0 Å². The van der Waals surface area contributed by atoms with Gasteiger partial charge >= 0.3 is 0 Å². The molecule has 0 atom stereocenters.